The van der Waals surface area contributed by atoms with Crippen LogP contribution in [0.2, 0.25) is 0 Å². The molecule has 0 fully saturated rings. The van der Waals surface area contributed by atoms with Crippen molar-refractivity contribution in [2.45, 2.75) is 39.7 Å². The van der Waals surface area contributed by atoms with E-state index in [9.17, 15) is 0 Å². The van der Waals surface area contributed by atoms with Crippen LogP contribution in [0.4, 0.5) is 5.82 Å². The number of aromatic nitrogens is 2. The number of ether oxygens (including phenoxy) is 3. The lowest BCUT2D eigenvalue weighted by atomic mass is 10.4. The van der Waals surface area contributed by atoms with Crippen LogP contribution in [-0.4, -0.2) is 49.5 Å². The van der Waals surface area contributed by atoms with E-state index < -0.39 is 0 Å². The second-order valence-corrected chi connectivity index (χ2v) is 4.90. The average molecular weight is 297 g/mol. The van der Waals surface area contributed by atoms with Gasteiger partial charge in [-0.3, -0.25) is 0 Å². The number of nitrogens with one attached hydrogen (secondary N) is 1. The number of methoxy groups -OCH3 is 1. The monoisotopic (exact) mass is 297 g/mol. The van der Waals surface area contributed by atoms with E-state index in [-0.39, 0.29) is 6.10 Å². The lowest BCUT2D eigenvalue weighted by Gasteiger charge is -2.11. The van der Waals surface area contributed by atoms with Gasteiger partial charge in [0.25, 0.3) is 0 Å². The smallest absolute Gasteiger partial charge is 0.218 e. The van der Waals surface area contributed by atoms with E-state index in [0.29, 0.717) is 19.1 Å². The normalized spacial score (nSPS) is 10.9. The Hall–Kier alpha value is -1.40. The summed E-state index contributed by atoms with van der Waals surface area (Å²) in [5.41, 5.74) is 0. The topological polar surface area (TPSA) is 65.5 Å². The van der Waals surface area contributed by atoms with Crippen LogP contribution in [0.5, 0.6) is 5.88 Å². The number of aryl methyl sites for hydroxylation is 1. The van der Waals surface area contributed by atoms with Crippen molar-refractivity contribution in [2.24, 2.45) is 0 Å². The van der Waals surface area contributed by atoms with Gasteiger partial charge < -0.3 is 19.5 Å². The number of hydrogen-bond acceptors (Lipinski definition) is 6. The van der Waals surface area contributed by atoms with Gasteiger partial charge in [-0.05, 0) is 20.3 Å². The molecule has 0 bridgehead atoms. The van der Waals surface area contributed by atoms with Gasteiger partial charge in [-0.2, -0.15) is 4.98 Å². The molecule has 6 heteroatoms. The van der Waals surface area contributed by atoms with Gasteiger partial charge in [0.2, 0.25) is 5.88 Å². The van der Waals surface area contributed by atoms with Crippen LogP contribution in [0, 0.1) is 0 Å². The molecule has 0 radical (unpaired) electrons. The summed E-state index contributed by atoms with van der Waals surface area (Å²) in [6.07, 6.45) is 1.98. The van der Waals surface area contributed by atoms with Crippen LogP contribution in [0.1, 0.15) is 33.0 Å². The summed E-state index contributed by atoms with van der Waals surface area (Å²) in [7, 11) is 1.65. The molecular weight excluding hydrogens is 270 g/mol. The van der Waals surface area contributed by atoms with Gasteiger partial charge in [0, 0.05) is 32.7 Å². The van der Waals surface area contributed by atoms with Crippen LogP contribution >= 0.6 is 0 Å². The van der Waals surface area contributed by atoms with Crippen molar-refractivity contribution in [1.82, 2.24) is 9.97 Å². The van der Waals surface area contributed by atoms with Gasteiger partial charge in [0.1, 0.15) is 18.2 Å². The van der Waals surface area contributed by atoms with Crippen molar-refractivity contribution in [3.8, 4) is 5.88 Å². The molecule has 0 saturated heterocycles. The zero-order valence-corrected chi connectivity index (χ0v) is 13.5. The fourth-order valence-corrected chi connectivity index (χ4v) is 1.63. The summed E-state index contributed by atoms with van der Waals surface area (Å²) in [6.45, 7) is 8.68. The highest BCUT2D eigenvalue weighted by atomic mass is 16.5. The fourth-order valence-electron chi connectivity index (χ4n) is 1.63. The minimum Gasteiger partial charge on any atom is -0.475 e. The maximum Gasteiger partial charge on any atom is 0.218 e. The van der Waals surface area contributed by atoms with E-state index >= 15 is 0 Å². The summed E-state index contributed by atoms with van der Waals surface area (Å²) in [5, 5.41) is 3.28. The van der Waals surface area contributed by atoms with Crippen molar-refractivity contribution in [1.29, 1.82) is 0 Å². The molecule has 6 nitrogen and oxygen atoms in total. The highest BCUT2D eigenvalue weighted by Gasteiger charge is 2.04. The number of nitrogens with zero attached hydrogens (tertiary/aromatic N) is 2. The Labute approximate surface area is 127 Å². The third-order valence-corrected chi connectivity index (χ3v) is 2.68. The zero-order valence-electron chi connectivity index (χ0n) is 13.5. The second kappa shape index (κ2) is 10.3. The molecule has 21 heavy (non-hydrogen) atoms. The molecule has 1 aromatic heterocycles. The van der Waals surface area contributed by atoms with Crippen LogP contribution in [0.15, 0.2) is 6.07 Å². The molecule has 0 aliphatic carbocycles. The highest BCUT2D eigenvalue weighted by Crippen LogP contribution is 2.14. The summed E-state index contributed by atoms with van der Waals surface area (Å²) in [5.74, 6) is 2.14. The van der Waals surface area contributed by atoms with Gasteiger partial charge >= 0.3 is 0 Å². The fraction of sp³-hybridized carbons (Fsp3) is 0.733. The van der Waals surface area contributed by atoms with Crippen molar-refractivity contribution >= 4 is 5.82 Å². The largest absolute Gasteiger partial charge is 0.475 e. The molecular formula is C15H27N3O3. The molecule has 0 aromatic carbocycles. The first-order valence-corrected chi connectivity index (χ1v) is 7.50. The molecule has 0 aliphatic heterocycles. The first kappa shape index (κ1) is 17.7. The quantitative estimate of drug-likeness (QED) is 0.632. The molecule has 0 unspecified atom stereocenters. The summed E-state index contributed by atoms with van der Waals surface area (Å²) < 4.78 is 16.0. The summed E-state index contributed by atoms with van der Waals surface area (Å²) in [6, 6.07) is 1.82. The maximum absolute atomic E-state index is 5.55. The van der Waals surface area contributed by atoms with E-state index in [4.69, 9.17) is 14.2 Å². The Balaban J connectivity index is 2.46. The third kappa shape index (κ3) is 7.82. The molecule has 0 aliphatic rings. The van der Waals surface area contributed by atoms with E-state index in [0.717, 1.165) is 37.6 Å². The van der Waals surface area contributed by atoms with Gasteiger partial charge in [0.15, 0.2) is 0 Å². The van der Waals surface area contributed by atoms with E-state index in [1.165, 1.54) is 0 Å². The first-order valence-electron chi connectivity index (χ1n) is 7.50. The molecule has 120 valence electrons. The molecule has 0 atom stereocenters. The SMILES string of the molecule is CCc1nc(NCCCOC(C)C)cc(OCCOC)n1. The third-order valence-electron chi connectivity index (χ3n) is 2.68. The number of rotatable bonds is 11. The van der Waals surface area contributed by atoms with E-state index in [2.05, 4.69) is 15.3 Å². The Morgan fingerprint density at radius 1 is 1.19 bits per heavy atom. The van der Waals surface area contributed by atoms with E-state index in [1.807, 2.05) is 26.8 Å². The molecule has 0 saturated carbocycles. The predicted molar refractivity (Wildman–Crippen MR) is 83.0 cm³/mol. The van der Waals surface area contributed by atoms with Crippen LogP contribution in [0.25, 0.3) is 0 Å². The summed E-state index contributed by atoms with van der Waals surface area (Å²) in [4.78, 5) is 8.78. The molecule has 0 spiro atoms. The molecule has 0 amide bonds. The van der Waals surface area contributed by atoms with Gasteiger partial charge in [-0.15, -0.1) is 0 Å². The highest BCUT2D eigenvalue weighted by molar-refractivity contribution is 5.38. The van der Waals surface area contributed by atoms with Gasteiger partial charge in [-0.25, -0.2) is 4.98 Å². The average Bonchev–Trinajstić information content (AvgIpc) is 2.46. The standard InChI is InChI=1S/C15H27N3O3/c1-5-13-17-14(16-7-6-8-20-12(2)3)11-15(18-13)21-10-9-19-4/h11-12H,5-10H2,1-4H3,(H,16,17,18). The van der Waals surface area contributed by atoms with Crippen LogP contribution in [-0.2, 0) is 15.9 Å². The minimum absolute atomic E-state index is 0.275. The van der Waals surface area contributed by atoms with Crippen molar-refractivity contribution in [2.75, 3.05) is 38.8 Å². The van der Waals surface area contributed by atoms with Crippen LogP contribution < -0.4 is 10.1 Å². The predicted octanol–water partition coefficient (Wildman–Crippen LogP) is 2.29. The number of hydrogen-bond donors (Lipinski definition) is 1. The number of anilines is 1. The van der Waals surface area contributed by atoms with Gasteiger partial charge in [0.05, 0.1) is 12.7 Å². The van der Waals surface area contributed by atoms with Crippen molar-refractivity contribution < 1.29 is 14.2 Å². The lowest BCUT2D eigenvalue weighted by Crippen LogP contribution is -2.12. The van der Waals surface area contributed by atoms with Crippen molar-refractivity contribution in [3.63, 3.8) is 0 Å². The molecule has 1 N–H and O–H groups in total. The molecule has 1 aromatic rings. The summed E-state index contributed by atoms with van der Waals surface area (Å²) >= 11 is 0. The first-order chi connectivity index (χ1) is 10.2. The molecule has 1 heterocycles. The Morgan fingerprint density at radius 3 is 2.67 bits per heavy atom. The van der Waals surface area contributed by atoms with Crippen molar-refractivity contribution in [3.05, 3.63) is 11.9 Å². The lowest BCUT2D eigenvalue weighted by molar-refractivity contribution is 0.0787. The van der Waals surface area contributed by atoms with E-state index in [1.54, 1.807) is 7.11 Å². The zero-order chi connectivity index (χ0) is 15.5. The van der Waals surface area contributed by atoms with Gasteiger partial charge in [-0.1, -0.05) is 6.92 Å². The Bertz CT molecular complexity index is 400. The maximum atomic E-state index is 5.55. The van der Waals surface area contributed by atoms with Crippen LogP contribution in [0.3, 0.4) is 0 Å². The Morgan fingerprint density at radius 2 is 2.00 bits per heavy atom. The Kier molecular flexibility index (Phi) is 8.69. The second-order valence-electron chi connectivity index (χ2n) is 4.90. The molecule has 1 rings (SSSR count). The minimum atomic E-state index is 0.275.